The van der Waals surface area contributed by atoms with Crippen LogP contribution in [0.1, 0.15) is 24.0 Å². The summed E-state index contributed by atoms with van der Waals surface area (Å²) in [5.41, 5.74) is -0.614. The number of hydrogen-bond donors (Lipinski definition) is 1. The summed E-state index contributed by atoms with van der Waals surface area (Å²) < 4.78 is 80.9. The average molecular weight is 459 g/mol. The van der Waals surface area contributed by atoms with Gasteiger partial charge in [0.25, 0.3) is 0 Å². The molecule has 0 unspecified atom stereocenters. The van der Waals surface area contributed by atoms with Crippen molar-refractivity contribution in [3.63, 3.8) is 0 Å². The van der Waals surface area contributed by atoms with Gasteiger partial charge in [-0.05, 0) is 36.2 Å². The highest BCUT2D eigenvalue weighted by molar-refractivity contribution is 7.89. The number of benzene rings is 2. The van der Waals surface area contributed by atoms with Gasteiger partial charge in [-0.2, -0.15) is 13.2 Å². The maximum atomic E-state index is 12.7. The van der Waals surface area contributed by atoms with Crippen molar-refractivity contribution >= 4 is 16.0 Å². The van der Waals surface area contributed by atoms with Gasteiger partial charge in [-0.15, -0.1) is 0 Å². The van der Waals surface area contributed by atoms with Gasteiger partial charge in [0.2, 0.25) is 10.0 Å². The standard InChI is InChI=1S/C20H20F3NO6S/c21-20(22,23)15-4-1-3-14(11-15)13-30-19(25)5-2-8-24-31(26,27)16-6-7-17-18(12-16)29-10-9-28-17/h1,3-4,6-7,11-12,24H,2,5,8-10,13H2. The molecule has 2 aromatic carbocycles. The summed E-state index contributed by atoms with van der Waals surface area (Å²) in [4.78, 5) is 11.8. The van der Waals surface area contributed by atoms with Gasteiger partial charge in [-0.1, -0.05) is 12.1 Å². The Kier molecular flexibility index (Phi) is 7.06. The van der Waals surface area contributed by atoms with Crippen LogP contribution in [-0.4, -0.2) is 34.1 Å². The summed E-state index contributed by atoms with van der Waals surface area (Å²) >= 11 is 0. The number of esters is 1. The number of halogens is 3. The number of ether oxygens (including phenoxy) is 3. The van der Waals surface area contributed by atoms with Gasteiger partial charge in [-0.3, -0.25) is 4.79 Å². The molecule has 0 fully saturated rings. The van der Waals surface area contributed by atoms with Gasteiger partial charge in [0.05, 0.1) is 10.5 Å². The molecule has 0 amide bonds. The highest BCUT2D eigenvalue weighted by Crippen LogP contribution is 2.32. The molecule has 0 radical (unpaired) electrons. The first-order valence-corrected chi connectivity index (χ1v) is 10.8. The zero-order valence-electron chi connectivity index (χ0n) is 16.3. The highest BCUT2D eigenvalue weighted by atomic mass is 32.2. The molecule has 11 heteroatoms. The normalized spacial score (nSPS) is 13.6. The average Bonchev–Trinajstić information content (AvgIpc) is 2.74. The smallest absolute Gasteiger partial charge is 0.416 e. The lowest BCUT2D eigenvalue weighted by molar-refractivity contribution is -0.145. The van der Waals surface area contributed by atoms with Crippen LogP contribution >= 0.6 is 0 Å². The minimum absolute atomic E-state index is 0.00359. The van der Waals surface area contributed by atoms with E-state index in [1.807, 2.05) is 0 Å². The highest BCUT2D eigenvalue weighted by Gasteiger charge is 2.30. The second-order valence-electron chi connectivity index (χ2n) is 6.67. The lowest BCUT2D eigenvalue weighted by Crippen LogP contribution is -2.25. The van der Waals surface area contributed by atoms with Crippen molar-refractivity contribution in [3.05, 3.63) is 53.6 Å². The van der Waals surface area contributed by atoms with Crippen molar-refractivity contribution in [2.24, 2.45) is 0 Å². The Balaban J connectivity index is 1.43. The Bertz CT molecular complexity index is 1040. The fraction of sp³-hybridized carbons (Fsp3) is 0.350. The Morgan fingerprint density at radius 3 is 2.55 bits per heavy atom. The van der Waals surface area contributed by atoms with Crippen molar-refractivity contribution in [2.75, 3.05) is 19.8 Å². The fourth-order valence-electron chi connectivity index (χ4n) is 2.79. The second-order valence-corrected chi connectivity index (χ2v) is 8.43. The third kappa shape index (κ3) is 6.34. The van der Waals surface area contributed by atoms with Crippen molar-refractivity contribution < 1.29 is 40.6 Å². The molecule has 0 aromatic heterocycles. The molecule has 3 rings (SSSR count). The number of nitrogens with one attached hydrogen (secondary N) is 1. The van der Waals surface area contributed by atoms with E-state index in [4.69, 9.17) is 14.2 Å². The lowest BCUT2D eigenvalue weighted by Gasteiger charge is -2.18. The van der Waals surface area contributed by atoms with E-state index in [0.717, 1.165) is 12.1 Å². The number of alkyl halides is 3. The largest absolute Gasteiger partial charge is 0.486 e. The molecule has 1 N–H and O–H groups in total. The number of fused-ring (bicyclic) bond motifs is 1. The van der Waals surface area contributed by atoms with E-state index >= 15 is 0 Å². The summed E-state index contributed by atoms with van der Waals surface area (Å²) in [6.07, 6.45) is -4.41. The third-order valence-electron chi connectivity index (χ3n) is 4.33. The molecule has 1 aliphatic rings. The van der Waals surface area contributed by atoms with E-state index in [1.54, 1.807) is 0 Å². The summed E-state index contributed by atoms with van der Waals surface area (Å²) in [5, 5.41) is 0. The fourth-order valence-corrected chi connectivity index (χ4v) is 3.88. The van der Waals surface area contributed by atoms with Crippen LogP contribution in [0.5, 0.6) is 11.5 Å². The van der Waals surface area contributed by atoms with E-state index in [9.17, 15) is 26.4 Å². The predicted octanol–water partition coefficient (Wildman–Crippen LogP) is 3.28. The summed E-state index contributed by atoms with van der Waals surface area (Å²) in [5.74, 6) is 0.164. The molecule has 7 nitrogen and oxygen atoms in total. The van der Waals surface area contributed by atoms with Crippen molar-refractivity contribution in [1.82, 2.24) is 4.72 Å². The van der Waals surface area contributed by atoms with Crippen LogP contribution in [0.2, 0.25) is 0 Å². The minimum Gasteiger partial charge on any atom is -0.486 e. The number of sulfonamides is 1. The molecule has 1 heterocycles. The molecule has 168 valence electrons. The van der Waals surface area contributed by atoms with Crippen LogP contribution in [0.15, 0.2) is 47.4 Å². The summed E-state index contributed by atoms with van der Waals surface area (Å²) in [6.45, 7) is 0.398. The molecule has 0 saturated heterocycles. The first kappa shape index (κ1) is 22.9. The van der Waals surface area contributed by atoms with Crippen LogP contribution in [0.4, 0.5) is 13.2 Å². The molecule has 0 spiro atoms. The Morgan fingerprint density at radius 1 is 1.06 bits per heavy atom. The molecular weight excluding hydrogens is 439 g/mol. The minimum atomic E-state index is -4.48. The Labute approximate surface area is 177 Å². The van der Waals surface area contributed by atoms with E-state index in [1.165, 1.54) is 30.3 Å². The maximum absolute atomic E-state index is 12.7. The van der Waals surface area contributed by atoms with Gasteiger partial charge in [0.1, 0.15) is 19.8 Å². The molecule has 0 aliphatic carbocycles. The van der Waals surface area contributed by atoms with Crippen LogP contribution in [0.3, 0.4) is 0 Å². The van der Waals surface area contributed by atoms with Crippen molar-refractivity contribution in [1.29, 1.82) is 0 Å². The Morgan fingerprint density at radius 2 is 1.81 bits per heavy atom. The van der Waals surface area contributed by atoms with Gasteiger partial charge in [0, 0.05) is 19.0 Å². The number of hydrogen-bond acceptors (Lipinski definition) is 6. The van der Waals surface area contributed by atoms with Gasteiger partial charge in [0.15, 0.2) is 11.5 Å². The number of carbonyl (C=O) groups is 1. The van der Waals surface area contributed by atoms with Crippen molar-refractivity contribution in [2.45, 2.75) is 30.5 Å². The maximum Gasteiger partial charge on any atom is 0.416 e. The summed E-state index contributed by atoms with van der Waals surface area (Å²) in [6, 6.07) is 8.75. The van der Waals surface area contributed by atoms with E-state index < -0.39 is 27.7 Å². The van der Waals surface area contributed by atoms with Crippen LogP contribution in [0.25, 0.3) is 0 Å². The van der Waals surface area contributed by atoms with E-state index in [-0.39, 0.29) is 36.5 Å². The third-order valence-corrected chi connectivity index (χ3v) is 5.79. The molecular formula is C20H20F3NO6S. The van der Waals surface area contributed by atoms with E-state index in [0.29, 0.717) is 24.7 Å². The van der Waals surface area contributed by atoms with Crippen LogP contribution in [-0.2, 0) is 32.3 Å². The zero-order valence-corrected chi connectivity index (χ0v) is 17.1. The molecule has 0 atom stereocenters. The van der Waals surface area contributed by atoms with Crippen LogP contribution < -0.4 is 14.2 Å². The molecule has 0 saturated carbocycles. The van der Waals surface area contributed by atoms with E-state index in [2.05, 4.69) is 4.72 Å². The second kappa shape index (κ2) is 9.56. The number of carbonyl (C=O) groups excluding carboxylic acids is 1. The van der Waals surface area contributed by atoms with Crippen LogP contribution in [0, 0.1) is 0 Å². The SMILES string of the molecule is O=C(CCCNS(=O)(=O)c1ccc2c(c1)OCCO2)OCc1cccc(C(F)(F)F)c1. The first-order valence-electron chi connectivity index (χ1n) is 9.36. The van der Waals surface area contributed by atoms with Gasteiger partial charge >= 0.3 is 12.1 Å². The molecule has 1 aliphatic heterocycles. The monoisotopic (exact) mass is 459 g/mol. The first-order chi connectivity index (χ1) is 14.6. The summed E-state index contributed by atoms with van der Waals surface area (Å²) in [7, 11) is -3.81. The lowest BCUT2D eigenvalue weighted by atomic mass is 10.1. The quantitative estimate of drug-likeness (QED) is 0.481. The van der Waals surface area contributed by atoms with Gasteiger partial charge < -0.3 is 14.2 Å². The Hall–Kier alpha value is -2.79. The predicted molar refractivity (Wildman–Crippen MR) is 103 cm³/mol. The van der Waals surface area contributed by atoms with Crippen molar-refractivity contribution in [3.8, 4) is 11.5 Å². The topological polar surface area (TPSA) is 90.9 Å². The van der Waals surface area contributed by atoms with Gasteiger partial charge in [-0.25, -0.2) is 13.1 Å². The molecule has 0 bridgehead atoms. The zero-order chi connectivity index (χ0) is 22.5. The molecule has 2 aromatic rings. The molecule has 31 heavy (non-hydrogen) atoms. The number of rotatable bonds is 8.